The van der Waals surface area contributed by atoms with E-state index in [2.05, 4.69) is 16.7 Å². The standard InChI is InChI=1S/C21H24N2O2S/c1-22-20(25)18-16-8-4-5-9-17(16)26-21(18)23-19(24)15-11-10-13-6-2-3-7-14(13)12-15/h10-12H,2-9H2,1H3,(H,22,25)(H,23,24). The fraction of sp³-hybridized carbons (Fsp3) is 0.429. The molecule has 4 nitrogen and oxygen atoms in total. The van der Waals surface area contributed by atoms with Gasteiger partial charge in [0.15, 0.2) is 0 Å². The largest absolute Gasteiger partial charge is 0.355 e. The molecular formula is C21H24N2O2S. The highest BCUT2D eigenvalue weighted by atomic mass is 32.1. The van der Waals surface area contributed by atoms with Crippen LogP contribution in [0.15, 0.2) is 18.2 Å². The van der Waals surface area contributed by atoms with Crippen LogP contribution in [0.3, 0.4) is 0 Å². The molecule has 136 valence electrons. The topological polar surface area (TPSA) is 58.2 Å². The first kappa shape index (κ1) is 17.3. The van der Waals surface area contributed by atoms with Gasteiger partial charge in [-0.3, -0.25) is 9.59 Å². The Balaban J connectivity index is 1.63. The summed E-state index contributed by atoms with van der Waals surface area (Å²) < 4.78 is 0. The smallest absolute Gasteiger partial charge is 0.256 e. The van der Waals surface area contributed by atoms with Crippen molar-refractivity contribution >= 4 is 28.2 Å². The Morgan fingerprint density at radius 2 is 1.65 bits per heavy atom. The van der Waals surface area contributed by atoms with Crippen molar-refractivity contribution in [2.45, 2.75) is 51.4 Å². The number of nitrogens with one attached hydrogen (secondary N) is 2. The van der Waals surface area contributed by atoms with E-state index >= 15 is 0 Å². The van der Waals surface area contributed by atoms with Gasteiger partial charge in [-0.2, -0.15) is 0 Å². The highest BCUT2D eigenvalue weighted by Gasteiger charge is 2.26. The first-order chi connectivity index (χ1) is 12.7. The van der Waals surface area contributed by atoms with Crippen molar-refractivity contribution < 1.29 is 9.59 Å². The minimum absolute atomic E-state index is 0.106. The summed E-state index contributed by atoms with van der Waals surface area (Å²) in [4.78, 5) is 26.5. The number of anilines is 1. The number of aryl methyl sites for hydroxylation is 3. The zero-order valence-corrected chi connectivity index (χ0v) is 15.9. The summed E-state index contributed by atoms with van der Waals surface area (Å²) in [5.74, 6) is -0.229. The van der Waals surface area contributed by atoms with Crippen LogP contribution in [0.4, 0.5) is 5.00 Å². The van der Waals surface area contributed by atoms with Gasteiger partial charge in [-0.05, 0) is 80.2 Å². The minimum Gasteiger partial charge on any atom is -0.355 e. The Kier molecular flexibility index (Phi) is 4.81. The third-order valence-electron chi connectivity index (χ3n) is 5.46. The number of thiophene rings is 1. The quantitative estimate of drug-likeness (QED) is 0.856. The van der Waals surface area contributed by atoms with Crippen LogP contribution in [-0.2, 0) is 25.7 Å². The highest BCUT2D eigenvalue weighted by Crippen LogP contribution is 2.38. The molecule has 0 aliphatic heterocycles. The number of hydrogen-bond donors (Lipinski definition) is 2. The van der Waals surface area contributed by atoms with Gasteiger partial charge in [0.2, 0.25) is 0 Å². The molecule has 1 aromatic heterocycles. The van der Waals surface area contributed by atoms with E-state index in [9.17, 15) is 9.59 Å². The van der Waals surface area contributed by atoms with Gasteiger partial charge in [0.25, 0.3) is 11.8 Å². The van der Waals surface area contributed by atoms with Crippen LogP contribution in [0.2, 0.25) is 0 Å². The Bertz CT molecular complexity index is 869. The maximum absolute atomic E-state index is 12.8. The molecule has 2 aliphatic rings. The molecular weight excluding hydrogens is 344 g/mol. The van der Waals surface area contributed by atoms with Gasteiger partial charge in [0, 0.05) is 17.5 Å². The molecule has 4 rings (SSSR count). The molecule has 0 unspecified atom stereocenters. The van der Waals surface area contributed by atoms with Gasteiger partial charge < -0.3 is 10.6 Å². The summed E-state index contributed by atoms with van der Waals surface area (Å²) in [6, 6.07) is 6.02. The summed E-state index contributed by atoms with van der Waals surface area (Å²) in [5, 5.41) is 6.45. The van der Waals surface area contributed by atoms with Gasteiger partial charge in [-0.25, -0.2) is 0 Å². The van der Waals surface area contributed by atoms with Crippen LogP contribution in [-0.4, -0.2) is 18.9 Å². The number of carbonyl (C=O) groups is 2. The number of benzene rings is 1. The Morgan fingerprint density at radius 3 is 2.46 bits per heavy atom. The van der Waals surface area contributed by atoms with Crippen molar-refractivity contribution in [1.82, 2.24) is 5.32 Å². The zero-order valence-electron chi connectivity index (χ0n) is 15.1. The van der Waals surface area contributed by atoms with Crippen molar-refractivity contribution in [3.63, 3.8) is 0 Å². The molecule has 0 saturated carbocycles. The Hall–Kier alpha value is -2.14. The molecule has 1 aromatic carbocycles. The summed E-state index contributed by atoms with van der Waals surface area (Å²) in [5.41, 5.74) is 5.13. The lowest BCUT2D eigenvalue weighted by molar-refractivity contribution is 0.0963. The van der Waals surface area contributed by atoms with E-state index in [0.717, 1.165) is 44.1 Å². The second-order valence-corrected chi connectivity index (χ2v) is 8.24. The lowest BCUT2D eigenvalue weighted by Crippen LogP contribution is -2.22. The van der Waals surface area contributed by atoms with Gasteiger partial charge in [0.1, 0.15) is 5.00 Å². The van der Waals surface area contributed by atoms with E-state index in [1.807, 2.05) is 12.1 Å². The van der Waals surface area contributed by atoms with Crippen LogP contribution in [0, 0.1) is 0 Å². The van der Waals surface area contributed by atoms with Crippen molar-refractivity contribution in [2.75, 3.05) is 12.4 Å². The molecule has 0 bridgehead atoms. The number of amides is 2. The zero-order chi connectivity index (χ0) is 18.1. The second-order valence-electron chi connectivity index (χ2n) is 7.14. The van der Waals surface area contributed by atoms with Gasteiger partial charge in [-0.1, -0.05) is 6.07 Å². The van der Waals surface area contributed by atoms with Gasteiger partial charge in [-0.15, -0.1) is 11.3 Å². The van der Waals surface area contributed by atoms with Gasteiger partial charge in [0.05, 0.1) is 5.56 Å². The molecule has 5 heteroatoms. The fourth-order valence-corrected chi connectivity index (χ4v) is 5.35. The molecule has 0 fully saturated rings. The van der Waals surface area contributed by atoms with E-state index < -0.39 is 0 Å². The molecule has 2 aliphatic carbocycles. The maximum atomic E-state index is 12.8. The number of rotatable bonds is 3. The van der Waals surface area contributed by atoms with Crippen LogP contribution in [0.1, 0.15) is 68.0 Å². The first-order valence-corrected chi connectivity index (χ1v) is 10.3. The molecule has 2 amide bonds. The van der Waals surface area contributed by atoms with Crippen LogP contribution in [0.25, 0.3) is 0 Å². The fourth-order valence-electron chi connectivity index (χ4n) is 4.07. The highest BCUT2D eigenvalue weighted by molar-refractivity contribution is 7.17. The van der Waals surface area contributed by atoms with E-state index in [0.29, 0.717) is 16.1 Å². The van der Waals surface area contributed by atoms with E-state index in [-0.39, 0.29) is 11.8 Å². The SMILES string of the molecule is CNC(=O)c1c(NC(=O)c2ccc3c(c2)CCCC3)sc2c1CCCC2. The molecule has 26 heavy (non-hydrogen) atoms. The molecule has 0 radical (unpaired) electrons. The predicted octanol–water partition coefficient (Wildman–Crippen LogP) is 4.12. The Morgan fingerprint density at radius 1 is 0.923 bits per heavy atom. The molecule has 0 saturated heterocycles. The molecule has 1 heterocycles. The summed E-state index contributed by atoms with van der Waals surface area (Å²) in [6.07, 6.45) is 8.75. The van der Waals surface area contributed by atoms with Crippen LogP contribution in [0.5, 0.6) is 0 Å². The Labute approximate surface area is 158 Å². The summed E-state index contributed by atoms with van der Waals surface area (Å²) in [7, 11) is 1.64. The predicted molar refractivity (Wildman–Crippen MR) is 105 cm³/mol. The van der Waals surface area contributed by atoms with Crippen LogP contribution >= 0.6 is 11.3 Å². The van der Waals surface area contributed by atoms with E-state index in [4.69, 9.17) is 0 Å². The number of fused-ring (bicyclic) bond motifs is 2. The van der Waals surface area contributed by atoms with Crippen molar-refractivity contribution in [3.05, 3.63) is 50.9 Å². The third-order valence-corrected chi connectivity index (χ3v) is 6.67. The van der Waals surface area contributed by atoms with E-state index in [1.165, 1.54) is 28.8 Å². The molecule has 2 N–H and O–H groups in total. The normalized spacial score (nSPS) is 15.7. The number of hydrogen-bond acceptors (Lipinski definition) is 3. The van der Waals surface area contributed by atoms with Crippen molar-refractivity contribution in [1.29, 1.82) is 0 Å². The van der Waals surface area contributed by atoms with E-state index in [1.54, 1.807) is 18.4 Å². The number of carbonyl (C=O) groups excluding carboxylic acids is 2. The monoisotopic (exact) mass is 368 g/mol. The lowest BCUT2D eigenvalue weighted by Gasteiger charge is -2.16. The lowest BCUT2D eigenvalue weighted by atomic mass is 9.90. The molecule has 0 atom stereocenters. The molecule has 0 spiro atoms. The second kappa shape index (κ2) is 7.23. The molecule has 2 aromatic rings. The minimum atomic E-state index is -0.123. The average Bonchev–Trinajstić information content (AvgIpc) is 3.04. The first-order valence-electron chi connectivity index (χ1n) is 9.47. The maximum Gasteiger partial charge on any atom is 0.256 e. The van der Waals surface area contributed by atoms with Crippen LogP contribution < -0.4 is 10.6 Å². The van der Waals surface area contributed by atoms with Crippen molar-refractivity contribution in [2.24, 2.45) is 0 Å². The average molecular weight is 369 g/mol. The summed E-state index contributed by atoms with van der Waals surface area (Å²) in [6.45, 7) is 0. The summed E-state index contributed by atoms with van der Waals surface area (Å²) >= 11 is 1.56. The van der Waals surface area contributed by atoms with Gasteiger partial charge >= 0.3 is 0 Å². The third kappa shape index (κ3) is 3.16. The van der Waals surface area contributed by atoms with Crippen molar-refractivity contribution in [3.8, 4) is 0 Å².